The number of carbonyl (C=O) groups excluding carboxylic acids is 1. The van der Waals surface area contributed by atoms with Crippen LogP contribution in [-0.4, -0.2) is 28.6 Å². The molecule has 24 heavy (non-hydrogen) atoms. The van der Waals surface area contributed by atoms with Crippen LogP contribution >= 0.6 is 0 Å². The van der Waals surface area contributed by atoms with Crippen LogP contribution in [0.1, 0.15) is 48.0 Å². The summed E-state index contributed by atoms with van der Waals surface area (Å²) in [6.07, 6.45) is 5.59. The van der Waals surface area contributed by atoms with Crippen LogP contribution in [0.2, 0.25) is 0 Å². The molecule has 0 radical (unpaired) electrons. The lowest BCUT2D eigenvalue weighted by Crippen LogP contribution is -2.39. The van der Waals surface area contributed by atoms with Crippen LogP contribution in [0.25, 0.3) is 10.9 Å². The lowest BCUT2D eigenvalue weighted by Gasteiger charge is -2.21. The Labute approximate surface area is 141 Å². The Hall–Kier alpha value is -2.14. The number of pyridine rings is 1. The predicted octanol–water partition coefficient (Wildman–Crippen LogP) is 2.51. The molecular weight excluding hydrogens is 304 g/mol. The van der Waals surface area contributed by atoms with Gasteiger partial charge in [-0.1, -0.05) is 43.9 Å². The van der Waals surface area contributed by atoms with E-state index >= 15 is 0 Å². The molecular formula is C19H24N2O3. The number of para-hydroxylation sites is 1. The van der Waals surface area contributed by atoms with E-state index in [-0.39, 0.29) is 24.1 Å². The van der Waals surface area contributed by atoms with Gasteiger partial charge in [0.1, 0.15) is 0 Å². The van der Waals surface area contributed by atoms with Crippen LogP contribution in [0.3, 0.4) is 0 Å². The molecule has 1 saturated carbocycles. The minimum atomic E-state index is -0.285. The highest BCUT2D eigenvalue weighted by molar-refractivity contribution is 6.07. The molecule has 0 saturated heterocycles. The number of carbonyl (C=O) groups is 1. The third-order valence-corrected chi connectivity index (χ3v) is 5.04. The summed E-state index contributed by atoms with van der Waals surface area (Å²) in [6.45, 7) is 1.58. The smallest absolute Gasteiger partial charge is 0.252 e. The van der Waals surface area contributed by atoms with Crippen molar-refractivity contribution < 1.29 is 9.90 Å². The van der Waals surface area contributed by atoms with Crippen molar-refractivity contribution in [2.75, 3.05) is 6.61 Å². The number of benzene rings is 1. The summed E-state index contributed by atoms with van der Waals surface area (Å²) in [4.78, 5) is 27.7. The standard InChI is InChI=1S/C19H24N2O3/c1-12-17(15-8-4-5-9-16(15)21-18(12)23)19(24)20-14(11-22)10-13-6-2-3-7-13/h4-5,8-9,13-14,22H,2-3,6-7,10-11H2,1H3,(H,20,24)(H,21,23). The van der Waals surface area contributed by atoms with E-state index in [1.54, 1.807) is 13.0 Å². The Morgan fingerprint density at radius 1 is 1.33 bits per heavy atom. The third-order valence-electron chi connectivity index (χ3n) is 5.04. The maximum atomic E-state index is 12.8. The van der Waals surface area contributed by atoms with Crippen molar-refractivity contribution in [2.24, 2.45) is 5.92 Å². The van der Waals surface area contributed by atoms with E-state index in [9.17, 15) is 14.7 Å². The number of aliphatic hydroxyl groups is 1. The van der Waals surface area contributed by atoms with Gasteiger partial charge in [0.15, 0.2) is 0 Å². The topological polar surface area (TPSA) is 82.2 Å². The Morgan fingerprint density at radius 3 is 2.75 bits per heavy atom. The summed E-state index contributed by atoms with van der Waals surface area (Å²) < 4.78 is 0. The van der Waals surface area contributed by atoms with Crippen molar-refractivity contribution in [1.29, 1.82) is 0 Å². The van der Waals surface area contributed by atoms with Crippen LogP contribution < -0.4 is 10.9 Å². The molecule has 1 aliphatic rings. The molecule has 128 valence electrons. The average molecular weight is 328 g/mol. The second-order valence-electron chi connectivity index (χ2n) is 6.74. The fraction of sp³-hybridized carbons (Fsp3) is 0.474. The Morgan fingerprint density at radius 2 is 2.04 bits per heavy atom. The first-order valence-corrected chi connectivity index (χ1v) is 8.63. The molecule has 1 amide bonds. The highest BCUT2D eigenvalue weighted by Crippen LogP contribution is 2.28. The molecule has 1 aromatic heterocycles. The van der Waals surface area contributed by atoms with Crippen molar-refractivity contribution in [3.8, 4) is 0 Å². The monoisotopic (exact) mass is 328 g/mol. The largest absolute Gasteiger partial charge is 0.394 e. The van der Waals surface area contributed by atoms with Gasteiger partial charge in [-0.3, -0.25) is 9.59 Å². The van der Waals surface area contributed by atoms with E-state index in [0.717, 1.165) is 11.8 Å². The number of rotatable bonds is 5. The van der Waals surface area contributed by atoms with Crippen molar-refractivity contribution in [2.45, 2.75) is 45.1 Å². The predicted molar refractivity (Wildman–Crippen MR) is 94.2 cm³/mol. The minimum Gasteiger partial charge on any atom is -0.394 e. The number of aromatic nitrogens is 1. The molecule has 0 aliphatic heterocycles. The van der Waals surface area contributed by atoms with Crippen LogP contribution in [0.4, 0.5) is 0 Å². The van der Waals surface area contributed by atoms with E-state index in [1.807, 2.05) is 18.2 Å². The number of hydrogen-bond acceptors (Lipinski definition) is 3. The van der Waals surface area contributed by atoms with Gasteiger partial charge in [0, 0.05) is 16.5 Å². The lowest BCUT2D eigenvalue weighted by molar-refractivity contribution is 0.0907. The number of fused-ring (bicyclic) bond motifs is 1. The number of amides is 1. The van der Waals surface area contributed by atoms with Gasteiger partial charge in [-0.05, 0) is 25.3 Å². The van der Waals surface area contributed by atoms with E-state index in [4.69, 9.17) is 0 Å². The highest BCUT2D eigenvalue weighted by Gasteiger charge is 2.23. The Balaban J connectivity index is 1.87. The molecule has 1 aromatic carbocycles. The Kier molecular flexibility index (Phi) is 5.00. The quantitative estimate of drug-likeness (QED) is 0.789. The zero-order valence-corrected chi connectivity index (χ0v) is 14.0. The van der Waals surface area contributed by atoms with E-state index in [0.29, 0.717) is 22.6 Å². The molecule has 1 heterocycles. The summed E-state index contributed by atoms with van der Waals surface area (Å²) >= 11 is 0. The van der Waals surface area contributed by atoms with Crippen molar-refractivity contribution >= 4 is 16.8 Å². The molecule has 5 nitrogen and oxygen atoms in total. The fourth-order valence-electron chi connectivity index (χ4n) is 3.72. The van der Waals surface area contributed by atoms with Crippen molar-refractivity contribution in [3.05, 3.63) is 45.7 Å². The number of nitrogens with one attached hydrogen (secondary N) is 2. The number of aliphatic hydroxyl groups excluding tert-OH is 1. The van der Waals surface area contributed by atoms with E-state index in [1.165, 1.54) is 25.7 Å². The molecule has 0 spiro atoms. The lowest BCUT2D eigenvalue weighted by atomic mass is 9.97. The van der Waals surface area contributed by atoms with Gasteiger partial charge < -0.3 is 15.4 Å². The van der Waals surface area contributed by atoms with Crippen LogP contribution in [-0.2, 0) is 0 Å². The molecule has 1 aliphatic carbocycles. The minimum absolute atomic E-state index is 0.0809. The average Bonchev–Trinajstić information content (AvgIpc) is 3.08. The summed E-state index contributed by atoms with van der Waals surface area (Å²) in [5, 5.41) is 13.3. The molecule has 0 bridgehead atoms. The molecule has 1 atom stereocenters. The number of H-pyrrole nitrogens is 1. The summed E-state index contributed by atoms with van der Waals surface area (Å²) in [5.74, 6) is 0.284. The van der Waals surface area contributed by atoms with Crippen molar-refractivity contribution in [3.63, 3.8) is 0 Å². The van der Waals surface area contributed by atoms with Gasteiger partial charge >= 0.3 is 0 Å². The first-order valence-electron chi connectivity index (χ1n) is 8.63. The number of aromatic amines is 1. The zero-order chi connectivity index (χ0) is 17.1. The van der Waals surface area contributed by atoms with E-state index < -0.39 is 0 Å². The summed E-state index contributed by atoms with van der Waals surface area (Å²) in [7, 11) is 0. The molecule has 3 rings (SSSR count). The van der Waals surface area contributed by atoms with E-state index in [2.05, 4.69) is 10.3 Å². The third kappa shape index (κ3) is 3.36. The van der Waals surface area contributed by atoms with Crippen LogP contribution in [0.5, 0.6) is 0 Å². The maximum absolute atomic E-state index is 12.8. The normalized spacial score (nSPS) is 16.4. The molecule has 2 aromatic rings. The zero-order valence-electron chi connectivity index (χ0n) is 14.0. The first kappa shape index (κ1) is 16.7. The number of hydrogen-bond donors (Lipinski definition) is 3. The molecule has 1 fully saturated rings. The van der Waals surface area contributed by atoms with Crippen LogP contribution in [0.15, 0.2) is 29.1 Å². The van der Waals surface area contributed by atoms with Gasteiger partial charge in [0.2, 0.25) is 0 Å². The first-order chi connectivity index (χ1) is 11.6. The second-order valence-corrected chi connectivity index (χ2v) is 6.74. The highest BCUT2D eigenvalue weighted by atomic mass is 16.3. The second kappa shape index (κ2) is 7.18. The van der Waals surface area contributed by atoms with Gasteiger partial charge in [-0.2, -0.15) is 0 Å². The molecule has 1 unspecified atom stereocenters. The maximum Gasteiger partial charge on any atom is 0.252 e. The molecule has 3 N–H and O–H groups in total. The van der Waals surface area contributed by atoms with Crippen LogP contribution in [0, 0.1) is 12.8 Å². The molecule has 5 heteroatoms. The van der Waals surface area contributed by atoms with Gasteiger partial charge in [-0.15, -0.1) is 0 Å². The summed E-state index contributed by atoms with van der Waals surface area (Å²) in [6, 6.07) is 7.02. The fourth-order valence-corrected chi connectivity index (χ4v) is 3.72. The van der Waals surface area contributed by atoms with Gasteiger partial charge in [0.05, 0.1) is 18.2 Å². The summed E-state index contributed by atoms with van der Waals surface area (Å²) in [5.41, 5.74) is 1.20. The SMILES string of the molecule is Cc1c(C(=O)NC(CO)CC2CCCC2)c2ccccc2[nH]c1=O. The van der Waals surface area contributed by atoms with Gasteiger partial charge in [-0.25, -0.2) is 0 Å². The Bertz CT molecular complexity index is 791. The van der Waals surface area contributed by atoms with Gasteiger partial charge in [0.25, 0.3) is 11.5 Å². The van der Waals surface area contributed by atoms with Crippen molar-refractivity contribution in [1.82, 2.24) is 10.3 Å².